The molecule has 4 aliphatic rings. The normalized spacial score (nSPS) is 47.3. The molecule has 0 radical (unpaired) electrons. The molecule has 4 aliphatic carbocycles. The lowest BCUT2D eigenvalue weighted by molar-refractivity contribution is 0.0260. The minimum absolute atomic E-state index is 0.300. The highest BCUT2D eigenvalue weighted by molar-refractivity contribution is 4.90. The van der Waals surface area contributed by atoms with Crippen LogP contribution in [0.1, 0.15) is 110 Å². The van der Waals surface area contributed by atoms with Crippen LogP contribution in [-0.4, -0.2) is 6.43 Å². The summed E-state index contributed by atoms with van der Waals surface area (Å²) in [5, 5.41) is 0. The Kier molecular flexibility index (Phi) is 7.60. The van der Waals surface area contributed by atoms with Crippen molar-refractivity contribution in [1.82, 2.24) is 0 Å². The first-order valence-corrected chi connectivity index (χ1v) is 13.3. The van der Waals surface area contributed by atoms with Crippen molar-refractivity contribution >= 4 is 0 Å². The van der Waals surface area contributed by atoms with Gasteiger partial charge >= 0.3 is 0 Å². The molecule has 4 fully saturated rings. The predicted molar refractivity (Wildman–Crippen MR) is 118 cm³/mol. The molecule has 0 aromatic rings. The van der Waals surface area contributed by atoms with Gasteiger partial charge in [-0.05, 0) is 131 Å². The topological polar surface area (TPSA) is 0 Å². The number of rotatable bonds is 4. The first kappa shape index (κ1) is 22.1. The molecule has 0 N–H and O–H groups in total. The molecule has 3 atom stereocenters. The van der Waals surface area contributed by atoms with Crippen LogP contribution in [0.5, 0.6) is 0 Å². The standard InChI is InChI=1S/C27H46F2/c1-18-3-5-22(6-4-18)25-15-16-26(19(2)17-25)23-11-7-20(8-12-23)21-9-13-24(14-10-21)27(28)29/h18-27H,3-17H2,1-2H3. The highest BCUT2D eigenvalue weighted by Gasteiger charge is 2.39. The molecular weight excluding hydrogens is 362 g/mol. The van der Waals surface area contributed by atoms with Crippen LogP contribution in [0.2, 0.25) is 0 Å². The first-order valence-electron chi connectivity index (χ1n) is 13.3. The Morgan fingerprint density at radius 1 is 0.517 bits per heavy atom. The van der Waals surface area contributed by atoms with E-state index in [4.69, 9.17) is 0 Å². The summed E-state index contributed by atoms with van der Waals surface area (Å²) in [6.07, 6.45) is 17.7. The molecular formula is C27H46F2. The summed E-state index contributed by atoms with van der Waals surface area (Å²) in [7, 11) is 0. The fourth-order valence-electron chi connectivity index (χ4n) is 8.26. The Morgan fingerprint density at radius 2 is 0.966 bits per heavy atom. The number of alkyl halides is 2. The molecule has 0 nitrogen and oxygen atoms in total. The third kappa shape index (κ3) is 5.38. The van der Waals surface area contributed by atoms with Gasteiger partial charge in [-0.25, -0.2) is 8.78 Å². The first-order chi connectivity index (χ1) is 14.0. The fraction of sp³-hybridized carbons (Fsp3) is 1.00. The Hall–Kier alpha value is -0.140. The van der Waals surface area contributed by atoms with Crippen LogP contribution in [0.25, 0.3) is 0 Å². The Labute approximate surface area is 179 Å². The van der Waals surface area contributed by atoms with E-state index in [1.807, 2.05) is 0 Å². The highest BCUT2D eigenvalue weighted by atomic mass is 19.3. The maximum Gasteiger partial charge on any atom is 0.241 e. The molecule has 2 heteroatoms. The van der Waals surface area contributed by atoms with Gasteiger partial charge in [0.1, 0.15) is 0 Å². The minimum Gasteiger partial charge on any atom is -0.210 e. The van der Waals surface area contributed by atoms with Crippen molar-refractivity contribution in [3.8, 4) is 0 Å². The number of halogens is 2. The summed E-state index contributed by atoms with van der Waals surface area (Å²) in [4.78, 5) is 0. The molecule has 3 unspecified atom stereocenters. The van der Waals surface area contributed by atoms with Crippen LogP contribution >= 0.6 is 0 Å². The summed E-state index contributed by atoms with van der Waals surface area (Å²) < 4.78 is 25.9. The van der Waals surface area contributed by atoms with E-state index in [1.54, 1.807) is 0 Å². The highest BCUT2D eigenvalue weighted by Crippen LogP contribution is 2.50. The zero-order valence-corrected chi connectivity index (χ0v) is 19.1. The van der Waals surface area contributed by atoms with Gasteiger partial charge in [-0.1, -0.05) is 26.7 Å². The molecule has 0 heterocycles. The van der Waals surface area contributed by atoms with Gasteiger partial charge in [0.15, 0.2) is 0 Å². The SMILES string of the molecule is CC1CCC(C2CCC(C3CCC(C4CCC(C(F)F)CC4)CC3)C(C)C2)CC1. The largest absolute Gasteiger partial charge is 0.241 e. The maximum atomic E-state index is 12.9. The van der Waals surface area contributed by atoms with Crippen LogP contribution in [0.15, 0.2) is 0 Å². The van der Waals surface area contributed by atoms with Gasteiger partial charge in [0, 0.05) is 5.92 Å². The lowest BCUT2D eigenvalue weighted by Crippen LogP contribution is -2.35. The van der Waals surface area contributed by atoms with E-state index in [9.17, 15) is 8.78 Å². The lowest BCUT2D eigenvalue weighted by Gasteiger charge is -2.45. The lowest BCUT2D eigenvalue weighted by atomic mass is 9.60. The molecule has 168 valence electrons. The third-order valence-corrected chi connectivity index (χ3v) is 10.3. The van der Waals surface area contributed by atoms with E-state index in [-0.39, 0.29) is 5.92 Å². The monoisotopic (exact) mass is 408 g/mol. The number of hydrogen-bond donors (Lipinski definition) is 0. The quantitative estimate of drug-likeness (QED) is 0.436. The fourth-order valence-corrected chi connectivity index (χ4v) is 8.26. The van der Waals surface area contributed by atoms with Crippen molar-refractivity contribution in [2.24, 2.45) is 53.3 Å². The van der Waals surface area contributed by atoms with E-state index in [0.29, 0.717) is 0 Å². The molecule has 0 aliphatic heterocycles. The second-order valence-electron chi connectivity index (χ2n) is 11.9. The average molecular weight is 409 g/mol. The molecule has 0 amide bonds. The van der Waals surface area contributed by atoms with Gasteiger partial charge in [0.2, 0.25) is 6.43 Å². The van der Waals surface area contributed by atoms with E-state index in [0.717, 1.165) is 73.0 Å². The molecule has 0 bridgehead atoms. The minimum atomic E-state index is -2.08. The van der Waals surface area contributed by atoms with Gasteiger partial charge in [0.05, 0.1) is 0 Å². The zero-order chi connectivity index (χ0) is 20.4. The van der Waals surface area contributed by atoms with Crippen molar-refractivity contribution in [2.75, 3.05) is 0 Å². The predicted octanol–water partition coefficient (Wildman–Crippen LogP) is 8.74. The van der Waals surface area contributed by atoms with Crippen molar-refractivity contribution in [3.63, 3.8) is 0 Å². The van der Waals surface area contributed by atoms with Crippen LogP contribution in [0, 0.1) is 53.3 Å². The number of hydrogen-bond acceptors (Lipinski definition) is 0. The molecule has 0 aromatic carbocycles. The van der Waals surface area contributed by atoms with Crippen molar-refractivity contribution < 1.29 is 8.78 Å². The second kappa shape index (κ2) is 9.99. The summed E-state index contributed by atoms with van der Waals surface area (Å²) in [6.45, 7) is 5.01. The van der Waals surface area contributed by atoms with Gasteiger partial charge < -0.3 is 0 Å². The smallest absolute Gasteiger partial charge is 0.210 e. The average Bonchev–Trinajstić information content (AvgIpc) is 2.74. The van der Waals surface area contributed by atoms with E-state index in [2.05, 4.69) is 13.8 Å². The van der Waals surface area contributed by atoms with E-state index in [1.165, 1.54) is 70.6 Å². The second-order valence-corrected chi connectivity index (χ2v) is 11.9. The van der Waals surface area contributed by atoms with Gasteiger partial charge in [-0.3, -0.25) is 0 Å². The van der Waals surface area contributed by atoms with Gasteiger partial charge in [0.25, 0.3) is 0 Å². The van der Waals surface area contributed by atoms with Crippen LogP contribution in [-0.2, 0) is 0 Å². The molecule has 4 saturated carbocycles. The summed E-state index contributed by atoms with van der Waals surface area (Å²) in [5.74, 6) is 7.20. The Morgan fingerprint density at radius 3 is 1.52 bits per heavy atom. The van der Waals surface area contributed by atoms with Crippen molar-refractivity contribution in [2.45, 2.75) is 117 Å². The van der Waals surface area contributed by atoms with Crippen LogP contribution in [0.3, 0.4) is 0 Å². The Balaban J connectivity index is 1.20. The summed E-state index contributed by atoms with van der Waals surface area (Å²) >= 11 is 0. The third-order valence-electron chi connectivity index (χ3n) is 10.3. The van der Waals surface area contributed by atoms with Crippen LogP contribution in [0.4, 0.5) is 8.78 Å². The summed E-state index contributed by atoms with van der Waals surface area (Å²) in [6, 6.07) is 0. The molecule has 29 heavy (non-hydrogen) atoms. The molecule has 0 spiro atoms. The van der Waals surface area contributed by atoms with Gasteiger partial charge in [-0.2, -0.15) is 0 Å². The van der Waals surface area contributed by atoms with Crippen molar-refractivity contribution in [1.29, 1.82) is 0 Å². The van der Waals surface area contributed by atoms with E-state index >= 15 is 0 Å². The molecule has 0 saturated heterocycles. The zero-order valence-electron chi connectivity index (χ0n) is 19.1. The molecule has 4 rings (SSSR count). The van der Waals surface area contributed by atoms with Crippen LogP contribution < -0.4 is 0 Å². The van der Waals surface area contributed by atoms with Gasteiger partial charge in [-0.15, -0.1) is 0 Å². The molecule has 0 aromatic heterocycles. The maximum absolute atomic E-state index is 12.9. The Bertz CT molecular complexity index is 479. The van der Waals surface area contributed by atoms with Crippen molar-refractivity contribution in [3.05, 3.63) is 0 Å². The summed E-state index contributed by atoms with van der Waals surface area (Å²) in [5.41, 5.74) is 0. The van der Waals surface area contributed by atoms with E-state index < -0.39 is 6.43 Å².